The molecule has 0 radical (unpaired) electrons. The Bertz CT molecular complexity index is 936. The van der Waals surface area contributed by atoms with Gasteiger partial charge in [0.1, 0.15) is 10.8 Å². The molecule has 2 aliphatic rings. The van der Waals surface area contributed by atoms with Crippen LogP contribution in [-0.2, 0) is 11.3 Å². The van der Waals surface area contributed by atoms with Crippen molar-refractivity contribution in [1.29, 1.82) is 0 Å². The van der Waals surface area contributed by atoms with Crippen LogP contribution in [0.15, 0.2) is 28.3 Å². The van der Waals surface area contributed by atoms with E-state index in [-0.39, 0.29) is 24.2 Å². The number of nitrogens with two attached hydrogens (primary N) is 2. The lowest BCUT2D eigenvalue weighted by Crippen LogP contribution is -2.50. The summed E-state index contributed by atoms with van der Waals surface area (Å²) in [5.41, 5.74) is 15.0. The van der Waals surface area contributed by atoms with E-state index in [0.29, 0.717) is 16.5 Å². The van der Waals surface area contributed by atoms with Crippen molar-refractivity contribution >= 4 is 34.9 Å². The fraction of sp³-hybridized carbons (Fsp3) is 0.524. The second-order valence-electron chi connectivity index (χ2n) is 8.24. The first kappa shape index (κ1) is 21.6. The fourth-order valence-corrected chi connectivity index (χ4v) is 5.54. The standard InChI is InChI=1S/C21H28ClN5O2S/c1-12-9-15(27-7-4-21(5-8-27)11-29-13(2)18(21)23)14(10-28)26-20(12)30-16-3-6-25-19(24)17(16)22/h3,6,9,13,18,28H,4-5,7-8,10-11,23H2,1-2H3,(H2,24,25)/t13-,18+/m0/s1. The van der Waals surface area contributed by atoms with Crippen LogP contribution >= 0.6 is 23.4 Å². The molecule has 1 spiro atoms. The molecule has 2 atom stereocenters. The van der Waals surface area contributed by atoms with Crippen LogP contribution in [0.5, 0.6) is 0 Å². The van der Waals surface area contributed by atoms with Crippen molar-refractivity contribution in [1.82, 2.24) is 9.97 Å². The van der Waals surface area contributed by atoms with Crippen molar-refractivity contribution < 1.29 is 9.84 Å². The van der Waals surface area contributed by atoms with E-state index in [2.05, 4.69) is 22.9 Å². The van der Waals surface area contributed by atoms with E-state index < -0.39 is 0 Å². The average Bonchev–Trinajstić information content (AvgIpc) is 3.01. The molecule has 0 saturated carbocycles. The number of aromatic nitrogens is 2. The van der Waals surface area contributed by atoms with Gasteiger partial charge < -0.3 is 26.2 Å². The maximum Gasteiger partial charge on any atom is 0.143 e. The van der Waals surface area contributed by atoms with Gasteiger partial charge in [0, 0.05) is 35.6 Å². The van der Waals surface area contributed by atoms with Gasteiger partial charge in [0.25, 0.3) is 0 Å². The molecule has 7 nitrogen and oxygen atoms in total. The summed E-state index contributed by atoms with van der Waals surface area (Å²) in [6.45, 7) is 6.43. The van der Waals surface area contributed by atoms with Crippen molar-refractivity contribution in [3.63, 3.8) is 0 Å². The molecular formula is C21H28ClN5O2S. The molecule has 0 aromatic carbocycles. The molecule has 2 aromatic rings. The van der Waals surface area contributed by atoms with Crippen molar-refractivity contribution in [2.45, 2.75) is 55.4 Å². The summed E-state index contributed by atoms with van der Waals surface area (Å²) in [5.74, 6) is 0.295. The lowest BCUT2D eigenvalue weighted by molar-refractivity contribution is 0.0974. The van der Waals surface area contributed by atoms with E-state index in [1.54, 1.807) is 6.20 Å². The molecule has 2 aromatic heterocycles. The largest absolute Gasteiger partial charge is 0.390 e. The fourth-order valence-electron chi connectivity index (χ4n) is 4.40. The molecule has 0 aliphatic carbocycles. The summed E-state index contributed by atoms with van der Waals surface area (Å²) < 4.78 is 5.83. The molecule has 2 aliphatic heterocycles. The third-order valence-corrected chi connectivity index (χ3v) is 8.08. The molecule has 0 unspecified atom stereocenters. The number of ether oxygens (including phenoxy) is 1. The summed E-state index contributed by atoms with van der Waals surface area (Å²) in [7, 11) is 0. The molecule has 9 heteroatoms. The first-order valence-electron chi connectivity index (χ1n) is 10.2. The quantitative estimate of drug-likeness (QED) is 0.653. The number of hydrogen-bond acceptors (Lipinski definition) is 8. The SMILES string of the molecule is Cc1cc(N2CCC3(CC2)CO[C@@H](C)[C@H]3N)c(CO)nc1Sc1ccnc(N)c1Cl. The number of anilines is 2. The van der Waals surface area contributed by atoms with Crippen molar-refractivity contribution in [2.75, 3.05) is 30.3 Å². The number of aryl methyl sites for hydroxylation is 1. The van der Waals surface area contributed by atoms with Crippen LogP contribution in [0.3, 0.4) is 0 Å². The number of hydrogen-bond donors (Lipinski definition) is 3. The van der Waals surface area contributed by atoms with Gasteiger partial charge in [0.05, 0.1) is 35.7 Å². The number of nitrogens with zero attached hydrogens (tertiary/aromatic N) is 3. The summed E-state index contributed by atoms with van der Waals surface area (Å²) in [6, 6.07) is 3.99. The zero-order valence-electron chi connectivity index (χ0n) is 17.3. The van der Waals surface area contributed by atoms with E-state index in [1.165, 1.54) is 11.8 Å². The number of aliphatic hydroxyl groups is 1. The highest BCUT2D eigenvalue weighted by Crippen LogP contribution is 2.43. The molecular weight excluding hydrogens is 422 g/mol. The molecule has 0 bridgehead atoms. The Labute approximate surface area is 186 Å². The zero-order valence-corrected chi connectivity index (χ0v) is 18.8. The minimum atomic E-state index is -0.128. The lowest BCUT2D eigenvalue weighted by atomic mass is 9.73. The maximum absolute atomic E-state index is 10.0. The van der Waals surface area contributed by atoms with Gasteiger partial charge in [0.2, 0.25) is 0 Å². The van der Waals surface area contributed by atoms with Crippen LogP contribution in [0, 0.1) is 12.3 Å². The van der Waals surface area contributed by atoms with Gasteiger partial charge in [-0.1, -0.05) is 23.4 Å². The zero-order chi connectivity index (χ0) is 21.5. The number of halogens is 1. The minimum Gasteiger partial charge on any atom is -0.390 e. The molecule has 4 heterocycles. The van der Waals surface area contributed by atoms with Crippen LogP contribution in [0.25, 0.3) is 0 Å². The average molecular weight is 450 g/mol. The van der Waals surface area contributed by atoms with Crippen molar-refractivity contribution in [2.24, 2.45) is 11.1 Å². The number of rotatable bonds is 4. The Morgan fingerprint density at radius 2 is 2.13 bits per heavy atom. The van der Waals surface area contributed by atoms with Gasteiger partial charge in [-0.15, -0.1) is 0 Å². The van der Waals surface area contributed by atoms with Crippen LogP contribution in [0.2, 0.25) is 5.02 Å². The Morgan fingerprint density at radius 3 is 2.77 bits per heavy atom. The predicted molar refractivity (Wildman–Crippen MR) is 120 cm³/mol. The van der Waals surface area contributed by atoms with E-state index in [9.17, 15) is 5.11 Å². The molecule has 5 N–H and O–H groups in total. The molecule has 2 fully saturated rings. The molecule has 0 amide bonds. The van der Waals surface area contributed by atoms with Crippen molar-refractivity contribution in [3.8, 4) is 0 Å². The topological polar surface area (TPSA) is 111 Å². The number of pyridine rings is 2. The molecule has 162 valence electrons. The Balaban J connectivity index is 1.55. The summed E-state index contributed by atoms with van der Waals surface area (Å²) in [4.78, 5) is 11.8. The second kappa shape index (κ2) is 8.51. The van der Waals surface area contributed by atoms with Gasteiger partial charge in [-0.2, -0.15) is 0 Å². The number of aliphatic hydroxyl groups excluding tert-OH is 1. The third kappa shape index (κ3) is 3.87. The van der Waals surface area contributed by atoms with Gasteiger partial charge in [-0.25, -0.2) is 9.97 Å². The summed E-state index contributed by atoms with van der Waals surface area (Å²) in [5, 5.41) is 11.2. The van der Waals surface area contributed by atoms with Gasteiger partial charge in [-0.3, -0.25) is 0 Å². The summed E-state index contributed by atoms with van der Waals surface area (Å²) >= 11 is 7.72. The number of piperidine rings is 1. The Morgan fingerprint density at radius 1 is 1.40 bits per heavy atom. The molecule has 4 rings (SSSR count). The van der Waals surface area contributed by atoms with Crippen LogP contribution < -0.4 is 16.4 Å². The van der Waals surface area contributed by atoms with Crippen LogP contribution in [-0.4, -0.2) is 46.9 Å². The lowest BCUT2D eigenvalue weighted by Gasteiger charge is -2.42. The Hall–Kier alpha value is -1.58. The predicted octanol–water partition coefficient (Wildman–Crippen LogP) is 3.00. The minimum absolute atomic E-state index is 0.0611. The molecule has 30 heavy (non-hydrogen) atoms. The highest BCUT2D eigenvalue weighted by Gasteiger charge is 2.47. The smallest absolute Gasteiger partial charge is 0.143 e. The first-order chi connectivity index (χ1) is 14.3. The second-order valence-corrected chi connectivity index (χ2v) is 9.64. The van der Waals surface area contributed by atoms with E-state index >= 15 is 0 Å². The van der Waals surface area contributed by atoms with Crippen LogP contribution in [0.4, 0.5) is 11.5 Å². The highest BCUT2D eigenvalue weighted by molar-refractivity contribution is 7.99. The Kier molecular flexibility index (Phi) is 6.14. The maximum atomic E-state index is 10.0. The monoisotopic (exact) mass is 449 g/mol. The van der Waals surface area contributed by atoms with E-state index in [4.69, 9.17) is 32.8 Å². The third-order valence-electron chi connectivity index (χ3n) is 6.41. The highest BCUT2D eigenvalue weighted by atomic mass is 35.5. The van der Waals surface area contributed by atoms with E-state index in [0.717, 1.165) is 53.7 Å². The van der Waals surface area contributed by atoms with Gasteiger partial charge in [-0.05, 0) is 44.4 Å². The number of nitrogen functional groups attached to an aromatic ring is 1. The molecule has 2 saturated heterocycles. The first-order valence-corrected chi connectivity index (χ1v) is 11.4. The van der Waals surface area contributed by atoms with Gasteiger partial charge >= 0.3 is 0 Å². The van der Waals surface area contributed by atoms with Crippen molar-refractivity contribution in [3.05, 3.63) is 34.6 Å². The van der Waals surface area contributed by atoms with E-state index in [1.807, 2.05) is 13.0 Å². The summed E-state index contributed by atoms with van der Waals surface area (Å²) in [6.07, 6.45) is 3.69. The normalized spacial score (nSPS) is 23.3. The van der Waals surface area contributed by atoms with Crippen LogP contribution in [0.1, 0.15) is 31.0 Å². The van der Waals surface area contributed by atoms with Gasteiger partial charge in [0.15, 0.2) is 0 Å².